The molecular formula is C21H46NO3P. The third-order valence-corrected chi connectivity index (χ3v) is 6.73. The summed E-state index contributed by atoms with van der Waals surface area (Å²) in [7, 11) is -2.25. The molecule has 26 heavy (non-hydrogen) atoms. The van der Waals surface area contributed by atoms with Crippen LogP contribution in [0, 0.1) is 0 Å². The first kappa shape index (κ1) is 26.1. The van der Waals surface area contributed by atoms with Crippen molar-refractivity contribution in [3.8, 4) is 0 Å². The summed E-state index contributed by atoms with van der Waals surface area (Å²) in [5.74, 6) is 0. The van der Waals surface area contributed by atoms with Crippen molar-refractivity contribution in [2.45, 2.75) is 117 Å². The van der Waals surface area contributed by atoms with Crippen LogP contribution in [0.1, 0.15) is 117 Å². The predicted molar refractivity (Wildman–Crippen MR) is 114 cm³/mol. The molecule has 0 rings (SSSR count). The Kier molecular flexibility index (Phi) is 18.6. The van der Waals surface area contributed by atoms with E-state index in [1.54, 1.807) is 4.67 Å². The van der Waals surface area contributed by atoms with Crippen molar-refractivity contribution < 1.29 is 14.0 Å². The summed E-state index contributed by atoms with van der Waals surface area (Å²) in [4.78, 5) is 10.0. The molecule has 0 aromatic carbocycles. The lowest BCUT2D eigenvalue weighted by Gasteiger charge is -2.25. The van der Waals surface area contributed by atoms with Gasteiger partial charge in [-0.15, -0.1) is 0 Å². The third-order valence-electron chi connectivity index (χ3n) is 5.13. The van der Waals surface area contributed by atoms with Crippen LogP contribution in [-0.4, -0.2) is 29.8 Å². The van der Waals surface area contributed by atoms with E-state index in [2.05, 4.69) is 13.8 Å². The van der Waals surface area contributed by atoms with Crippen LogP contribution in [0.5, 0.6) is 0 Å². The van der Waals surface area contributed by atoms with Gasteiger partial charge in [0.15, 0.2) is 0 Å². The van der Waals surface area contributed by atoms with Crippen molar-refractivity contribution in [3.63, 3.8) is 0 Å². The fraction of sp³-hybridized carbons (Fsp3) is 1.00. The summed E-state index contributed by atoms with van der Waals surface area (Å²) < 4.78 is 18.8. The Morgan fingerprint density at radius 3 is 1.27 bits per heavy atom. The van der Waals surface area contributed by atoms with Crippen molar-refractivity contribution in [3.05, 3.63) is 0 Å². The zero-order chi connectivity index (χ0) is 19.5. The van der Waals surface area contributed by atoms with Gasteiger partial charge >= 0.3 is 7.75 Å². The molecule has 0 aliphatic carbocycles. The zero-order valence-corrected chi connectivity index (χ0v) is 18.8. The first-order chi connectivity index (χ1) is 12.6. The second kappa shape index (κ2) is 18.5. The summed E-state index contributed by atoms with van der Waals surface area (Å²) in [6.45, 7) is 5.83. The number of hydrogen-bond donors (Lipinski definition) is 1. The molecular weight excluding hydrogens is 345 g/mol. The van der Waals surface area contributed by atoms with E-state index in [9.17, 15) is 9.46 Å². The maximum absolute atomic E-state index is 12.2. The maximum atomic E-state index is 12.2. The smallest absolute Gasteiger partial charge is 0.312 e. The normalized spacial score (nSPS) is 14.0. The minimum absolute atomic E-state index is 0.674. The summed E-state index contributed by atoms with van der Waals surface area (Å²) in [6, 6.07) is 0. The minimum Gasteiger partial charge on any atom is -0.312 e. The van der Waals surface area contributed by atoms with E-state index in [-0.39, 0.29) is 0 Å². The first-order valence-corrected chi connectivity index (χ1v) is 12.8. The van der Waals surface area contributed by atoms with E-state index in [0.717, 1.165) is 25.7 Å². The fourth-order valence-electron chi connectivity index (χ4n) is 3.34. The predicted octanol–water partition coefficient (Wildman–Crippen LogP) is 7.32. The maximum Gasteiger partial charge on any atom is 0.405 e. The van der Waals surface area contributed by atoms with Gasteiger partial charge in [0.25, 0.3) is 0 Å². The molecule has 0 aromatic rings. The molecule has 4 nitrogen and oxygen atoms in total. The molecule has 0 amide bonds. The summed E-state index contributed by atoms with van der Waals surface area (Å²) >= 11 is 0. The van der Waals surface area contributed by atoms with Gasteiger partial charge < -0.3 is 9.42 Å². The molecule has 0 saturated carbocycles. The Bertz CT molecular complexity index is 319. The highest BCUT2D eigenvalue weighted by Gasteiger charge is 2.27. The summed E-state index contributed by atoms with van der Waals surface area (Å²) in [5.41, 5.74) is 0. The largest absolute Gasteiger partial charge is 0.405 e. The first-order valence-electron chi connectivity index (χ1n) is 11.2. The van der Waals surface area contributed by atoms with Crippen LogP contribution in [0.4, 0.5) is 0 Å². The lowest BCUT2D eigenvalue weighted by molar-refractivity contribution is 0.230. The lowest BCUT2D eigenvalue weighted by atomic mass is 10.1. The number of unbranched alkanes of at least 4 members (excludes halogenated alkanes) is 14. The molecule has 0 fully saturated rings. The number of rotatable bonds is 20. The zero-order valence-electron chi connectivity index (χ0n) is 17.9. The van der Waals surface area contributed by atoms with Crippen LogP contribution in [0.2, 0.25) is 0 Å². The van der Waals surface area contributed by atoms with Crippen LogP contribution in [-0.2, 0) is 9.09 Å². The molecule has 5 heteroatoms. The summed E-state index contributed by atoms with van der Waals surface area (Å²) in [5, 5.41) is 0. The highest BCUT2D eigenvalue weighted by atomic mass is 31.2. The Balaban J connectivity index is 3.84. The van der Waals surface area contributed by atoms with E-state index in [4.69, 9.17) is 4.52 Å². The minimum atomic E-state index is -3.59. The van der Waals surface area contributed by atoms with E-state index in [1.807, 2.05) is 0 Å². The van der Waals surface area contributed by atoms with Crippen molar-refractivity contribution in [2.24, 2.45) is 0 Å². The number of nitrogens with zero attached hydrogens (tertiary/aromatic N) is 1. The molecule has 0 aliphatic heterocycles. The van der Waals surface area contributed by atoms with E-state index >= 15 is 0 Å². The van der Waals surface area contributed by atoms with Crippen molar-refractivity contribution in [1.29, 1.82) is 0 Å². The van der Waals surface area contributed by atoms with Gasteiger partial charge in [0, 0.05) is 20.2 Å². The van der Waals surface area contributed by atoms with Gasteiger partial charge in [-0.05, 0) is 12.8 Å². The topological polar surface area (TPSA) is 49.8 Å². The Morgan fingerprint density at radius 1 is 0.654 bits per heavy atom. The highest BCUT2D eigenvalue weighted by molar-refractivity contribution is 7.50. The molecule has 0 bridgehead atoms. The van der Waals surface area contributed by atoms with Crippen LogP contribution in [0.3, 0.4) is 0 Å². The standard InChI is InChI=1S/C21H46NO3P/c1-4-6-8-10-12-14-16-18-20-22(26(23,24)25-3)21-19-17-15-13-11-9-7-5-2/h4-21H2,1-3H3,(H,23,24). The molecule has 1 unspecified atom stereocenters. The average Bonchev–Trinajstić information content (AvgIpc) is 2.64. The number of hydrogen-bond acceptors (Lipinski definition) is 2. The van der Waals surface area contributed by atoms with Crippen LogP contribution in [0.25, 0.3) is 0 Å². The molecule has 1 N–H and O–H groups in total. The van der Waals surface area contributed by atoms with Gasteiger partial charge in [-0.3, -0.25) is 0 Å². The molecule has 0 aliphatic rings. The quantitative estimate of drug-likeness (QED) is 0.174. The Labute approximate surface area is 163 Å². The van der Waals surface area contributed by atoms with Crippen molar-refractivity contribution >= 4 is 7.75 Å². The van der Waals surface area contributed by atoms with Crippen LogP contribution < -0.4 is 0 Å². The molecule has 0 saturated heterocycles. The molecule has 0 aromatic heterocycles. The third kappa shape index (κ3) is 15.2. The van der Waals surface area contributed by atoms with Gasteiger partial charge in [-0.1, -0.05) is 104 Å². The molecule has 0 radical (unpaired) electrons. The SMILES string of the molecule is CCCCCCCCCCN(CCCCCCCCCC)P(=O)(O)OC. The second-order valence-electron chi connectivity index (χ2n) is 7.58. The molecule has 0 spiro atoms. The van der Waals surface area contributed by atoms with Crippen LogP contribution >= 0.6 is 7.75 Å². The van der Waals surface area contributed by atoms with Crippen molar-refractivity contribution in [2.75, 3.05) is 20.2 Å². The lowest BCUT2D eigenvalue weighted by Crippen LogP contribution is -2.23. The van der Waals surface area contributed by atoms with E-state index < -0.39 is 7.75 Å². The van der Waals surface area contributed by atoms with Gasteiger partial charge in [-0.2, -0.15) is 0 Å². The highest BCUT2D eigenvalue weighted by Crippen LogP contribution is 2.45. The van der Waals surface area contributed by atoms with Gasteiger partial charge in [-0.25, -0.2) is 9.24 Å². The average molecular weight is 392 g/mol. The monoisotopic (exact) mass is 391 g/mol. The van der Waals surface area contributed by atoms with Gasteiger partial charge in [0.05, 0.1) is 0 Å². The van der Waals surface area contributed by atoms with Gasteiger partial charge in [0.1, 0.15) is 0 Å². The van der Waals surface area contributed by atoms with Crippen LogP contribution in [0.15, 0.2) is 0 Å². The Hall–Kier alpha value is 0.110. The second-order valence-corrected chi connectivity index (χ2v) is 9.49. The molecule has 0 heterocycles. The van der Waals surface area contributed by atoms with Crippen molar-refractivity contribution in [1.82, 2.24) is 4.67 Å². The molecule has 1 atom stereocenters. The molecule has 158 valence electrons. The van der Waals surface area contributed by atoms with Gasteiger partial charge in [0.2, 0.25) is 0 Å². The van der Waals surface area contributed by atoms with E-state index in [1.165, 1.54) is 84.2 Å². The Morgan fingerprint density at radius 2 is 0.962 bits per heavy atom. The summed E-state index contributed by atoms with van der Waals surface area (Å²) in [6.07, 6.45) is 19.9. The van der Waals surface area contributed by atoms with E-state index in [0.29, 0.717) is 13.1 Å². The fourth-order valence-corrected chi connectivity index (χ4v) is 4.36.